The van der Waals surface area contributed by atoms with Crippen molar-refractivity contribution in [2.75, 3.05) is 7.11 Å². The van der Waals surface area contributed by atoms with Gasteiger partial charge in [0.05, 0.1) is 18.2 Å². The fourth-order valence-corrected chi connectivity index (χ4v) is 2.43. The number of methoxy groups -OCH3 is 1. The van der Waals surface area contributed by atoms with E-state index >= 15 is 0 Å². The van der Waals surface area contributed by atoms with E-state index in [-0.39, 0.29) is 5.97 Å². The quantitative estimate of drug-likeness (QED) is 0.749. The topological polar surface area (TPSA) is 55.0 Å². The van der Waals surface area contributed by atoms with E-state index in [1.165, 1.54) is 18.2 Å². The van der Waals surface area contributed by atoms with Crippen LogP contribution in [0.15, 0.2) is 42.5 Å². The summed E-state index contributed by atoms with van der Waals surface area (Å²) in [5.41, 5.74) is 4.44. The van der Waals surface area contributed by atoms with Gasteiger partial charge in [0.25, 0.3) is 0 Å². The number of esters is 1. The number of carbonyl (C=O) groups excluding carboxylic acids is 1. The van der Waals surface area contributed by atoms with Crippen LogP contribution >= 0.6 is 0 Å². The number of benzene rings is 2. The molecule has 2 aromatic carbocycles. The Morgan fingerprint density at radius 3 is 2.76 bits per heavy atom. The molecule has 0 saturated heterocycles. The largest absolute Gasteiger partial charge is 0.465 e. The number of aryl methyl sites for hydroxylation is 1. The van der Waals surface area contributed by atoms with Crippen molar-refractivity contribution in [1.29, 1.82) is 0 Å². The Labute approximate surface area is 122 Å². The molecule has 0 bridgehead atoms. The number of hydrogen-bond acceptors (Lipinski definition) is 3. The second-order valence-electron chi connectivity index (χ2n) is 4.98. The maximum Gasteiger partial charge on any atom is 0.340 e. The van der Waals surface area contributed by atoms with Crippen LogP contribution in [0.5, 0.6) is 0 Å². The van der Waals surface area contributed by atoms with Crippen molar-refractivity contribution in [2.45, 2.75) is 13.3 Å². The van der Waals surface area contributed by atoms with Crippen molar-refractivity contribution in [1.82, 2.24) is 9.97 Å². The third-order valence-corrected chi connectivity index (χ3v) is 3.59. The number of H-pyrrole nitrogens is 1. The van der Waals surface area contributed by atoms with Gasteiger partial charge in [-0.05, 0) is 30.2 Å². The number of carbonyl (C=O) groups is 1. The summed E-state index contributed by atoms with van der Waals surface area (Å²) in [6.45, 7) is 2.08. The smallest absolute Gasteiger partial charge is 0.340 e. The van der Waals surface area contributed by atoms with E-state index in [9.17, 15) is 4.79 Å². The highest BCUT2D eigenvalue weighted by molar-refractivity contribution is 6.01. The van der Waals surface area contributed by atoms with Crippen molar-refractivity contribution in [3.63, 3.8) is 0 Å². The van der Waals surface area contributed by atoms with E-state index in [1.807, 2.05) is 24.3 Å². The molecule has 1 aromatic heterocycles. The Bertz CT molecular complexity index is 805. The predicted octanol–water partition coefficient (Wildman–Crippen LogP) is 3.25. The van der Waals surface area contributed by atoms with Crippen molar-refractivity contribution >= 4 is 17.0 Å². The molecule has 0 saturated carbocycles. The molecule has 0 unspecified atom stereocenters. The van der Waals surface area contributed by atoms with Crippen LogP contribution in [0, 0.1) is 6.92 Å². The fourth-order valence-electron chi connectivity index (χ4n) is 2.43. The summed E-state index contributed by atoms with van der Waals surface area (Å²) in [5.74, 6) is 0.477. The van der Waals surface area contributed by atoms with Gasteiger partial charge in [0, 0.05) is 6.42 Å². The molecule has 0 amide bonds. The second kappa shape index (κ2) is 5.40. The minimum absolute atomic E-state index is 0.366. The Morgan fingerprint density at radius 2 is 2.00 bits per heavy atom. The maximum atomic E-state index is 11.8. The van der Waals surface area contributed by atoms with Crippen LogP contribution in [0.25, 0.3) is 11.0 Å². The number of aromatic amines is 1. The first kappa shape index (κ1) is 13.4. The standard InChI is InChI=1S/C17H16N2O2/c1-11-6-3-4-7-12(11)10-15-18-14-9-5-8-13(16(14)19-15)17(20)21-2/h3-9H,10H2,1-2H3,(H,18,19). The maximum absolute atomic E-state index is 11.8. The molecule has 4 nitrogen and oxygen atoms in total. The lowest BCUT2D eigenvalue weighted by Crippen LogP contribution is -2.01. The zero-order valence-corrected chi connectivity index (χ0v) is 12.0. The molecule has 0 aliphatic heterocycles. The monoisotopic (exact) mass is 280 g/mol. The van der Waals surface area contributed by atoms with E-state index < -0.39 is 0 Å². The summed E-state index contributed by atoms with van der Waals surface area (Å²) in [6, 6.07) is 13.7. The lowest BCUT2D eigenvalue weighted by molar-refractivity contribution is 0.0603. The van der Waals surface area contributed by atoms with E-state index in [2.05, 4.69) is 29.0 Å². The van der Waals surface area contributed by atoms with Gasteiger partial charge in [0.2, 0.25) is 0 Å². The average molecular weight is 280 g/mol. The van der Waals surface area contributed by atoms with Gasteiger partial charge >= 0.3 is 5.97 Å². The zero-order chi connectivity index (χ0) is 14.8. The molecule has 0 fully saturated rings. The summed E-state index contributed by atoms with van der Waals surface area (Å²) >= 11 is 0. The number of ether oxygens (including phenoxy) is 1. The van der Waals surface area contributed by atoms with Gasteiger partial charge in [0.1, 0.15) is 11.3 Å². The predicted molar refractivity (Wildman–Crippen MR) is 81.4 cm³/mol. The number of para-hydroxylation sites is 1. The lowest BCUT2D eigenvalue weighted by Gasteiger charge is -2.02. The molecule has 3 rings (SSSR count). The minimum atomic E-state index is -0.366. The van der Waals surface area contributed by atoms with Crippen molar-refractivity contribution in [2.24, 2.45) is 0 Å². The molecule has 0 spiro atoms. The summed E-state index contributed by atoms with van der Waals surface area (Å²) in [7, 11) is 1.38. The molecule has 1 N–H and O–H groups in total. The van der Waals surface area contributed by atoms with Gasteiger partial charge in [0.15, 0.2) is 0 Å². The molecule has 4 heteroatoms. The summed E-state index contributed by atoms with van der Waals surface area (Å²) in [6.07, 6.45) is 0.710. The van der Waals surface area contributed by atoms with Crippen LogP contribution < -0.4 is 0 Å². The number of imidazole rings is 1. The zero-order valence-electron chi connectivity index (χ0n) is 12.0. The third-order valence-electron chi connectivity index (χ3n) is 3.59. The molecular weight excluding hydrogens is 264 g/mol. The van der Waals surface area contributed by atoms with E-state index in [1.54, 1.807) is 6.07 Å². The average Bonchev–Trinajstić information content (AvgIpc) is 2.91. The van der Waals surface area contributed by atoms with Gasteiger partial charge in [-0.1, -0.05) is 30.3 Å². The first-order chi connectivity index (χ1) is 10.2. The molecule has 21 heavy (non-hydrogen) atoms. The first-order valence-electron chi connectivity index (χ1n) is 6.79. The van der Waals surface area contributed by atoms with Crippen LogP contribution in [0.1, 0.15) is 27.3 Å². The number of fused-ring (bicyclic) bond motifs is 1. The van der Waals surface area contributed by atoms with E-state index in [0.717, 1.165) is 11.3 Å². The Kier molecular flexibility index (Phi) is 3.44. The van der Waals surface area contributed by atoms with Crippen molar-refractivity contribution in [3.05, 3.63) is 65.0 Å². The first-order valence-corrected chi connectivity index (χ1v) is 6.79. The molecule has 0 radical (unpaired) electrons. The highest BCUT2D eigenvalue weighted by Gasteiger charge is 2.14. The highest BCUT2D eigenvalue weighted by Crippen LogP contribution is 2.19. The Morgan fingerprint density at radius 1 is 1.19 bits per heavy atom. The number of aromatic nitrogens is 2. The fraction of sp³-hybridized carbons (Fsp3) is 0.176. The molecule has 0 aliphatic carbocycles. The van der Waals surface area contributed by atoms with E-state index in [0.29, 0.717) is 17.5 Å². The second-order valence-corrected chi connectivity index (χ2v) is 4.98. The molecular formula is C17H16N2O2. The number of rotatable bonds is 3. The third kappa shape index (κ3) is 2.52. The minimum Gasteiger partial charge on any atom is -0.465 e. The normalized spacial score (nSPS) is 10.8. The van der Waals surface area contributed by atoms with Crippen molar-refractivity contribution in [3.8, 4) is 0 Å². The summed E-state index contributed by atoms with van der Waals surface area (Å²) in [4.78, 5) is 19.6. The van der Waals surface area contributed by atoms with Gasteiger partial charge < -0.3 is 9.72 Å². The molecule has 0 aliphatic rings. The van der Waals surface area contributed by atoms with Crippen LogP contribution in [0.4, 0.5) is 0 Å². The van der Waals surface area contributed by atoms with Gasteiger partial charge in [-0.15, -0.1) is 0 Å². The Balaban J connectivity index is 2.02. The van der Waals surface area contributed by atoms with Gasteiger partial charge in [-0.25, -0.2) is 9.78 Å². The van der Waals surface area contributed by atoms with Crippen LogP contribution in [-0.2, 0) is 11.2 Å². The molecule has 1 heterocycles. The van der Waals surface area contributed by atoms with Gasteiger partial charge in [-0.3, -0.25) is 0 Å². The molecule has 3 aromatic rings. The van der Waals surface area contributed by atoms with Crippen LogP contribution in [0.3, 0.4) is 0 Å². The Hall–Kier alpha value is -2.62. The van der Waals surface area contributed by atoms with Crippen LogP contribution in [-0.4, -0.2) is 23.0 Å². The number of nitrogens with zero attached hydrogens (tertiary/aromatic N) is 1. The van der Waals surface area contributed by atoms with Crippen LogP contribution in [0.2, 0.25) is 0 Å². The lowest BCUT2D eigenvalue weighted by atomic mass is 10.1. The van der Waals surface area contributed by atoms with Gasteiger partial charge in [-0.2, -0.15) is 0 Å². The number of hydrogen-bond donors (Lipinski definition) is 1. The SMILES string of the molecule is COC(=O)c1cccc2[nH]c(Cc3ccccc3C)nc12. The highest BCUT2D eigenvalue weighted by atomic mass is 16.5. The number of nitrogens with one attached hydrogen (secondary N) is 1. The summed E-state index contributed by atoms with van der Waals surface area (Å²) < 4.78 is 4.80. The molecule has 0 atom stereocenters. The van der Waals surface area contributed by atoms with E-state index in [4.69, 9.17) is 4.74 Å². The van der Waals surface area contributed by atoms with Crippen molar-refractivity contribution < 1.29 is 9.53 Å². The summed E-state index contributed by atoms with van der Waals surface area (Å²) in [5, 5.41) is 0. The molecule has 106 valence electrons.